The van der Waals surface area contributed by atoms with Crippen molar-refractivity contribution in [2.75, 3.05) is 11.9 Å². The van der Waals surface area contributed by atoms with Crippen LogP contribution in [-0.2, 0) is 27.8 Å². The number of anilines is 1. The van der Waals surface area contributed by atoms with Crippen molar-refractivity contribution in [1.29, 1.82) is 0 Å². The van der Waals surface area contributed by atoms with E-state index in [1.807, 2.05) is 60.7 Å². The number of hydrogen-bond acceptors (Lipinski definition) is 4. The fraction of sp³-hybridized carbons (Fsp3) is 0.174. The summed E-state index contributed by atoms with van der Waals surface area (Å²) >= 11 is 0. The Hall–Kier alpha value is -3.16. The third kappa shape index (κ3) is 5.68. The molecule has 1 amide bonds. The number of amides is 1. The second-order valence-electron chi connectivity index (χ2n) is 6.61. The molecular formula is C23H24N2O4S. The molecule has 3 aromatic rings. The van der Waals surface area contributed by atoms with Gasteiger partial charge in [-0.25, -0.2) is 13.2 Å². The van der Waals surface area contributed by atoms with E-state index in [4.69, 9.17) is 4.74 Å². The van der Waals surface area contributed by atoms with Gasteiger partial charge >= 0.3 is 6.09 Å². The van der Waals surface area contributed by atoms with Gasteiger partial charge in [0.05, 0.1) is 11.5 Å². The number of carbonyl (C=O) groups excluding carboxylic acids is 1. The molecule has 0 saturated carbocycles. The van der Waals surface area contributed by atoms with Crippen molar-refractivity contribution in [3.05, 3.63) is 96.1 Å². The van der Waals surface area contributed by atoms with E-state index in [1.54, 1.807) is 19.1 Å². The first-order valence-electron chi connectivity index (χ1n) is 9.61. The highest BCUT2D eigenvalue weighted by Gasteiger charge is 2.25. The lowest BCUT2D eigenvalue weighted by molar-refractivity contribution is 0.168. The highest BCUT2D eigenvalue weighted by atomic mass is 32.2. The van der Waals surface area contributed by atoms with Crippen LogP contribution in [0, 0.1) is 0 Å². The normalized spacial score (nSPS) is 11.3. The van der Waals surface area contributed by atoms with Crippen LogP contribution in [0.4, 0.5) is 10.5 Å². The predicted molar refractivity (Wildman–Crippen MR) is 116 cm³/mol. The summed E-state index contributed by atoms with van der Waals surface area (Å²) in [7, 11) is -3.76. The highest BCUT2D eigenvalue weighted by molar-refractivity contribution is 7.89. The van der Waals surface area contributed by atoms with Crippen LogP contribution in [0.25, 0.3) is 0 Å². The summed E-state index contributed by atoms with van der Waals surface area (Å²) in [5.41, 5.74) is 2.26. The van der Waals surface area contributed by atoms with E-state index in [-0.39, 0.29) is 24.6 Å². The molecule has 3 aromatic carbocycles. The van der Waals surface area contributed by atoms with Gasteiger partial charge in [0.2, 0.25) is 10.0 Å². The van der Waals surface area contributed by atoms with E-state index in [9.17, 15) is 13.2 Å². The zero-order valence-corrected chi connectivity index (χ0v) is 17.5. The number of nitrogens with zero attached hydrogens (tertiary/aromatic N) is 1. The minimum Gasteiger partial charge on any atom is -0.450 e. The quantitative estimate of drug-likeness (QED) is 0.571. The third-order valence-electron chi connectivity index (χ3n) is 4.42. The van der Waals surface area contributed by atoms with Crippen molar-refractivity contribution < 1.29 is 17.9 Å². The van der Waals surface area contributed by atoms with Gasteiger partial charge < -0.3 is 4.74 Å². The molecule has 0 aliphatic rings. The van der Waals surface area contributed by atoms with Crippen LogP contribution in [0.15, 0.2) is 89.8 Å². The number of carbonyl (C=O) groups is 1. The second-order valence-corrected chi connectivity index (χ2v) is 8.55. The summed E-state index contributed by atoms with van der Waals surface area (Å²) in [5.74, 6) is 0. The van der Waals surface area contributed by atoms with Crippen molar-refractivity contribution in [3.8, 4) is 0 Å². The predicted octanol–water partition coefficient (Wildman–Crippen LogP) is 4.65. The first-order chi connectivity index (χ1) is 14.5. The number of benzene rings is 3. The van der Waals surface area contributed by atoms with Gasteiger partial charge in [0.1, 0.15) is 0 Å². The summed E-state index contributed by atoms with van der Waals surface area (Å²) in [6, 6.07) is 25.0. The van der Waals surface area contributed by atoms with Gasteiger partial charge in [-0.15, -0.1) is 0 Å². The number of sulfonamides is 1. The molecular weight excluding hydrogens is 400 g/mol. The molecule has 0 aliphatic heterocycles. The van der Waals surface area contributed by atoms with E-state index < -0.39 is 16.1 Å². The van der Waals surface area contributed by atoms with Crippen LogP contribution < -0.4 is 5.32 Å². The Kier molecular flexibility index (Phi) is 7.21. The largest absolute Gasteiger partial charge is 0.450 e. The smallest absolute Gasteiger partial charge is 0.411 e. The van der Waals surface area contributed by atoms with Crippen molar-refractivity contribution in [2.24, 2.45) is 0 Å². The van der Waals surface area contributed by atoms with Crippen molar-refractivity contribution >= 4 is 21.8 Å². The Morgan fingerprint density at radius 2 is 1.33 bits per heavy atom. The molecule has 0 atom stereocenters. The van der Waals surface area contributed by atoms with Gasteiger partial charge in [-0.3, -0.25) is 5.32 Å². The lowest BCUT2D eigenvalue weighted by Crippen LogP contribution is -2.30. The Morgan fingerprint density at radius 1 is 0.833 bits per heavy atom. The average Bonchev–Trinajstić information content (AvgIpc) is 2.75. The van der Waals surface area contributed by atoms with Gasteiger partial charge in [0.25, 0.3) is 0 Å². The van der Waals surface area contributed by atoms with Gasteiger partial charge in [-0.05, 0) is 42.3 Å². The number of hydrogen-bond donors (Lipinski definition) is 1. The minimum atomic E-state index is -3.76. The SMILES string of the molecule is CCOC(=O)Nc1ccc(S(=O)(=O)N(Cc2ccccc2)Cc2ccccc2)cc1. The number of nitrogens with one attached hydrogen (secondary N) is 1. The van der Waals surface area contributed by atoms with Crippen molar-refractivity contribution in [1.82, 2.24) is 4.31 Å². The molecule has 0 aromatic heterocycles. The number of ether oxygens (including phenoxy) is 1. The highest BCUT2D eigenvalue weighted by Crippen LogP contribution is 2.23. The molecule has 0 spiro atoms. The lowest BCUT2D eigenvalue weighted by Gasteiger charge is -2.23. The third-order valence-corrected chi connectivity index (χ3v) is 6.22. The molecule has 0 radical (unpaired) electrons. The van der Waals surface area contributed by atoms with E-state index >= 15 is 0 Å². The molecule has 3 rings (SSSR count). The molecule has 0 unspecified atom stereocenters. The Balaban J connectivity index is 1.86. The van der Waals surface area contributed by atoms with Crippen LogP contribution in [0.1, 0.15) is 18.1 Å². The van der Waals surface area contributed by atoms with Crippen LogP contribution in [0.5, 0.6) is 0 Å². The summed E-state index contributed by atoms with van der Waals surface area (Å²) in [6.45, 7) is 2.47. The molecule has 0 heterocycles. The standard InChI is InChI=1S/C23H24N2O4S/c1-2-29-23(26)24-21-13-15-22(16-14-21)30(27,28)25(17-19-9-5-3-6-10-19)18-20-11-7-4-8-12-20/h3-16H,2,17-18H2,1H3,(H,24,26). The van der Waals surface area contributed by atoms with Crippen molar-refractivity contribution in [2.45, 2.75) is 24.9 Å². The second kappa shape index (κ2) is 10.0. The maximum absolute atomic E-state index is 13.4. The molecule has 0 fully saturated rings. The Bertz CT molecular complexity index is 1010. The molecule has 7 heteroatoms. The first kappa shape index (κ1) is 21.5. The zero-order chi connectivity index (χ0) is 21.4. The topological polar surface area (TPSA) is 75.7 Å². The Morgan fingerprint density at radius 3 is 1.80 bits per heavy atom. The first-order valence-corrected chi connectivity index (χ1v) is 11.0. The van der Waals surface area contributed by atoms with Gasteiger partial charge in [0.15, 0.2) is 0 Å². The summed E-state index contributed by atoms with van der Waals surface area (Å²) in [5, 5.41) is 2.56. The molecule has 156 valence electrons. The van der Waals surface area contributed by atoms with Gasteiger partial charge in [-0.1, -0.05) is 60.7 Å². The summed E-state index contributed by atoms with van der Waals surface area (Å²) in [6.07, 6.45) is -0.581. The molecule has 6 nitrogen and oxygen atoms in total. The summed E-state index contributed by atoms with van der Waals surface area (Å²) in [4.78, 5) is 11.7. The van der Waals surface area contributed by atoms with E-state index in [0.29, 0.717) is 5.69 Å². The van der Waals surface area contributed by atoms with Crippen LogP contribution in [0.2, 0.25) is 0 Å². The van der Waals surface area contributed by atoms with Crippen LogP contribution in [0.3, 0.4) is 0 Å². The van der Waals surface area contributed by atoms with Gasteiger partial charge in [-0.2, -0.15) is 4.31 Å². The van der Waals surface area contributed by atoms with E-state index in [0.717, 1.165) is 11.1 Å². The molecule has 1 N–H and O–H groups in total. The van der Waals surface area contributed by atoms with E-state index in [2.05, 4.69) is 5.32 Å². The Labute approximate surface area is 177 Å². The fourth-order valence-corrected chi connectivity index (χ4v) is 4.36. The lowest BCUT2D eigenvalue weighted by atomic mass is 10.2. The van der Waals surface area contributed by atoms with E-state index in [1.165, 1.54) is 16.4 Å². The van der Waals surface area contributed by atoms with Crippen LogP contribution in [-0.4, -0.2) is 25.4 Å². The molecule has 0 bridgehead atoms. The number of rotatable bonds is 8. The van der Waals surface area contributed by atoms with Crippen molar-refractivity contribution in [3.63, 3.8) is 0 Å². The van der Waals surface area contributed by atoms with Crippen LogP contribution >= 0.6 is 0 Å². The monoisotopic (exact) mass is 424 g/mol. The maximum Gasteiger partial charge on any atom is 0.411 e. The molecule has 0 aliphatic carbocycles. The maximum atomic E-state index is 13.4. The molecule has 30 heavy (non-hydrogen) atoms. The average molecular weight is 425 g/mol. The molecule has 0 saturated heterocycles. The fourth-order valence-electron chi connectivity index (χ4n) is 2.94. The summed E-state index contributed by atoms with van der Waals surface area (Å²) < 4.78 is 33.1. The minimum absolute atomic E-state index is 0.156. The van der Waals surface area contributed by atoms with Gasteiger partial charge in [0, 0.05) is 18.8 Å². The zero-order valence-electron chi connectivity index (χ0n) is 16.7.